The van der Waals surface area contributed by atoms with Crippen LogP contribution in [0.4, 0.5) is 8.78 Å². The summed E-state index contributed by atoms with van der Waals surface area (Å²) in [5, 5.41) is 3.74. The summed E-state index contributed by atoms with van der Waals surface area (Å²) in [6.45, 7) is 2.88. The molecule has 1 saturated carbocycles. The van der Waals surface area contributed by atoms with Crippen LogP contribution in [-0.4, -0.2) is 17.8 Å². The van der Waals surface area contributed by atoms with Gasteiger partial charge >= 0.3 is 0 Å². The molecule has 0 aliphatic heterocycles. The molecule has 4 heteroatoms. The molecular formula is C14H19F2NS. The first-order chi connectivity index (χ1) is 8.65. The second kappa shape index (κ2) is 6.53. The first-order valence-corrected chi connectivity index (χ1v) is 7.38. The molecule has 1 nitrogen and oxygen atoms in total. The zero-order valence-corrected chi connectivity index (χ0v) is 11.4. The molecule has 0 saturated heterocycles. The van der Waals surface area contributed by atoms with E-state index in [0.29, 0.717) is 10.9 Å². The summed E-state index contributed by atoms with van der Waals surface area (Å²) in [5.41, 5.74) is 0. The topological polar surface area (TPSA) is 12.0 Å². The minimum atomic E-state index is -0.380. The van der Waals surface area contributed by atoms with E-state index in [1.54, 1.807) is 0 Å². The van der Waals surface area contributed by atoms with Gasteiger partial charge in [0, 0.05) is 22.7 Å². The molecule has 100 valence electrons. The Morgan fingerprint density at radius 3 is 2.78 bits per heavy atom. The Balaban J connectivity index is 1.82. The SMILES string of the molecule is CC(CNC1CCCC1)Sc1cc(F)ccc1F. The smallest absolute Gasteiger partial charge is 0.136 e. The molecule has 0 heterocycles. The Morgan fingerprint density at radius 1 is 1.33 bits per heavy atom. The summed E-state index contributed by atoms with van der Waals surface area (Å²) in [7, 11) is 0. The van der Waals surface area contributed by atoms with Gasteiger partial charge in [0.1, 0.15) is 11.6 Å². The van der Waals surface area contributed by atoms with Crippen molar-refractivity contribution in [1.82, 2.24) is 5.32 Å². The molecule has 1 atom stereocenters. The number of thioether (sulfide) groups is 1. The van der Waals surface area contributed by atoms with E-state index in [2.05, 4.69) is 5.32 Å². The van der Waals surface area contributed by atoms with E-state index >= 15 is 0 Å². The minimum Gasteiger partial charge on any atom is -0.313 e. The Kier molecular flexibility index (Phi) is 5.01. The molecule has 0 aromatic heterocycles. The lowest BCUT2D eigenvalue weighted by Crippen LogP contribution is -2.31. The van der Waals surface area contributed by atoms with Crippen LogP contribution in [0.5, 0.6) is 0 Å². The monoisotopic (exact) mass is 271 g/mol. The molecule has 1 aromatic rings. The van der Waals surface area contributed by atoms with Crippen molar-refractivity contribution in [2.75, 3.05) is 6.54 Å². The van der Waals surface area contributed by atoms with Gasteiger partial charge in [-0.25, -0.2) is 8.78 Å². The predicted molar refractivity (Wildman–Crippen MR) is 71.9 cm³/mol. The fraction of sp³-hybridized carbons (Fsp3) is 0.571. The number of hydrogen-bond donors (Lipinski definition) is 1. The van der Waals surface area contributed by atoms with Crippen LogP contribution in [0, 0.1) is 11.6 Å². The van der Waals surface area contributed by atoms with Crippen LogP contribution in [0.15, 0.2) is 23.1 Å². The highest BCUT2D eigenvalue weighted by atomic mass is 32.2. The van der Waals surface area contributed by atoms with Gasteiger partial charge in [0.25, 0.3) is 0 Å². The molecule has 18 heavy (non-hydrogen) atoms. The van der Waals surface area contributed by atoms with Gasteiger partial charge in [-0.3, -0.25) is 0 Å². The first kappa shape index (κ1) is 13.8. The molecule has 0 amide bonds. The van der Waals surface area contributed by atoms with E-state index in [1.165, 1.54) is 49.6 Å². The first-order valence-electron chi connectivity index (χ1n) is 6.50. The third-order valence-corrected chi connectivity index (χ3v) is 4.41. The maximum Gasteiger partial charge on any atom is 0.136 e. The molecule has 1 aliphatic carbocycles. The summed E-state index contributed by atoms with van der Waals surface area (Å²) < 4.78 is 26.5. The fourth-order valence-corrected chi connectivity index (χ4v) is 3.26. The van der Waals surface area contributed by atoms with Crippen LogP contribution >= 0.6 is 11.8 Å². The van der Waals surface area contributed by atoms with Gasteiger partial charge in [-0.1, -0.05) is 19.8 Å². The van der Waals surface area contributed by atoms with Crippen molar-refractivity contribution in [3.63, 3.8) is 0 Å². The number of rotatable bonds is 5. The molecule has 0 bridgehead atoms. The summed E-state index contributed by atoms with van der Waals surface area (Å²) in [6, 6.07) is 4.23. The Labute approximate surface area is 111 Å². The number of benzene rings is 1. The quantitative estimate of drug-likeness (QED) is 0.813. The zero-order chi connectivity index (χ0) is 13.0. The Hall–Kier alpha value is -0.610. The van der Waals surface area contributed by atoms with E-state index in [1.807, 2.05) is 6.92 Å². The second-order valence-electron chi connectivity index (χ2n) is 4.89. The lowest BCUT2D eigenvalue weighted by atomic mass is 10.2. The largest absolute Gasteiger partial charge is 0.313 e. The maximum atomic E-state index is 13.5. The summed E-state index contributed by atoms with van der Waals surface area (Å²) in [5.74, 6) is -0.719. The van der Waals surface area contributed by atoms with E-state index in [0.717, 1.165) is 12.6 Å². The average molecular weight is 271 g/mol. The van der Waals surface area contributed by atoms with Crippen molar-refractivity contribution >= 4 is 11.8 Å². The van der Waals surface area contributed by atoms with E-state index in [9.17, 15) is 8.78 Å². The van der Waals surface area contributed by atoms with Gasteiger partial charge < -0.3 is 5.32 Å². The third-order valence-electron chi connectivity index (χ3n) is 3.27. The molecule has 0 spiro atoms. The lowest BCUT2D eigenvalue weighted by molar-refractivity contribution is 0.526. The molecule has 1 fully saturated rings. The van der Waals surface area contributed by atoms with Crippen LogP contribution in [0.3, 0.4) is 0 Å². The highest BCUT2D eigenvalue weighted by Crippen LogP contribution is 2.27. The fourth-order valence-electron chi connectivity index (χ4n) is 2.29. The molecule has 2 rings (SSSR count). The van der Waals surface area contributed by atoms with Crippen LogP contribution in [0.2, 0.25) is 0 Å². The van der Waals surface area contributed by atoms with Gasteiger partial charge in [0.15, 0.2) is 0 Å². The zero-order valence-electron chi connectivity index (χ0n) is 10.6. The summed E-state index contributed by atoms with van der Waals surface area (Å²) in [6.07, 6.45) is 5.09. The van der Waals surface area contributed by atoms with E-state index in [4.69, 9.17) is 0 Å². The van der Waals surface area contributed by atoms with Crippen LogP contribution in [0.1, 0.15) is 32.6 Å². The molecule has 1 aliphatic rings. The summed E-state index contributed by atoms with van der Waals surface area (Å²) >= 11 is 1.39. The predicted octanol–water partition coefficient (Wildman–Crippen LogP) is 3.98. The van der Waals surface area contributed by atoms with Crippen molar-refractivity contribution in [3.8, 4) is 0 Å². The van der Waals surface area contributed by atoms with Crippen molar-refractivity contribution < 1.29 is 8.78 Å². The molecule has 0 radical (unpaired) electrons. The van der Waals surface area contributed by atoms with Crippen LogP contribution < -0.4 is 5.32 Å². The van der Waals surface area contributed by atoms with Gasteiger partial charge in [0.2, 0.25) is 0 Å². The van der Waals surface area contributed by atoms with Gasteiger partial charge in [-0.15, -0.1) is 11.8 Å². The Bertz CT molecular complexity index is 391. The third kappa shape index (κ3) is 3.95. The Morgan fingerprint density at radius 2 is 2.06 bits per heavy atom. The normalized spacial score (nSPS) is 18.2. The van der Waals surface area contributed by atoms with Gasteiger partial charge in [-0.05, 0) is 31.0 Å². The van der Waals surface area contributed by atoms with Crippen LogP contribution in [0.25, 0.3) is 0 Å². The van der Waals surface area contributed by atoms with Crippen molar-refractivity contribution in [2.45, 2.75) is 48.8 Å². The van der Waals surface area contributed by atoms with Gasteiger partial charge in [0.05, 0.1) is 0 Å². The summed E-state index contributed by atoms with van der Waals surface area (Å²) in [4.78, 5) is 0.399. The number of hydrogen-bond acceptors (Lipinski definition) is 2. The lowest BCUT2D eigenvalue weighted by Gasteiger charge is -2.16. The number of nitrogens with one attached hydrogen (secondary N) is 1. The molecule has 1 unspecified atom stereocenters. The minimum absolute atomic E-state index is 0.238. The van der Waals surface area contributed by atoms with Gasteiger partial charge in [-0.2, -0.15) is 0 Å². The maximum absolute atomic E-state index is 13.5. The van der Waals surface area contributed by atoms with E-state index in [-0.39, 0.29) is 16.9 Å². The standard InChI is InChI=1S/C14H19F2NS/c1-10(9-17-12-4-2-3-5-12)18-14-8-11(15)6-7-13(14)16/h6-8,10,12,17H,2-5,9H2,1H3. The van der Waals surface area contributed by atoms with Crippen molar-refractivity contribution in [2.24, 2.45) is 0 Å². The van der Waals surface area contributed by atoms with Crippen molar-refractivity contribution in [3.05, 3.63) is 29.8 Å². The van der Waals surface area contributed by atoms with Crippen molar-refractivity contribution in [1.29, 1.82) is 0 Å². The molecule has 1 aromatic carbocycles. The highest BCUT2D eigenvalue weighted by Gasteiger charge is 2.16. The molecule has 1 N–H and O–H groups in total. The van der Waals surface area contributed by atoms with E-state index < -0.39 is 0 Å². The number of halogens is 2. The molecular weight excluding hydrogens is 252 g/mol. The average Bonchev–Trinajstić information content (AvgIpc) is 2.84. The highest BCUT2D eigenvalue weighted by molar-refractivity contribution is 8.00. The van der Waals surface area contributed by atoms with Crippen LogP contribution in [-0.2, 0) is 0 Å². The second-order valence-corrected chi connectivity index (χ2v) is 6.37.